The van der Waals surface area contributed by atoms with E-state index in [1.165, 1.54) is 19.2 Å². The SMILES string of the molecule is COc1cc(N)ccc1C(=O)NCc1ccc(C(=O)O)o1. The van der Waals surface area contributed by atoms with Crippen LogP contribution < -0.4 is 15.8 Å². The molecule has 0 fully saturated rings. The Morgan fingerprint density at radius 1 is 1.33 bits per heavy atom. The number of furan rings is 1. The molecular formula is C14H14N2O5. The molecule has 0 saturated heterocycles. The normalized spacial score (nSPS) is 10.1. The number of carbonyl (C=O) groups excluding carboxylic acids is 1. The summed E-state index contributed by atoms with van der Waals surface area (Å²) in [5, 5.41) is 11.4. The largest absolute Gasteiger partial charge is 0.496 e. The zero-order chi connectivity index (χ0) is 15.4. The molecule has 0 aliphatic heterocycles. The van der Waals surface area contributed by atoms with Gasteiger partial charge in [-0.2, -0.15) is 0 Å². The summed E-state index contributed by atoms with van der Waals surface area (Å²) in [6.45, 7) is 0.0691. The third kappa shape index (κ3) is 3.33. The fourth-order valence-electron chi connectivity index (χ4n) is 1.75. The second kappa shape index (κ2) is 6.00. The van der Waals surface area contributed by atoms with Crippen molar-refractivity contribution in [1.29, 1.82) is 0 Å². The van der Waals surface area contributed by atoms with Gasteiger partial charge in [0.1, 0.15) is 11.5 Å². The zero-order valence-electron chi connectivity index (χ0n) is 11.3. The van der Waals surface area contributed by atoms with E-state index in [2.05, 4.69) is 5.32 Å². The van der Waals surface area contributed by atoms with Crippen molar-refractivity contribution in [3.05, 3.63) is 47.4 Å². The summed E-state index contributed by atoms with van der Waals surface area (Å²) in [4.78, 5) is 22.7. The van der Waals surface area contributed by atoms with Gasteiger partial charge in [0.15, 0.2) is 0 Å². The monoisotopic (exact) mass is 290 g/mol. The molecule has 21 heavy (non-hydrogen) atoms. The molecular weight excluding hydrogens is 276 g/mol. The summed E-state index contributed by atoms with van der Waals surface area (Å²) in [7, 11) is 1.44. The van der Waals surface area contributed by atoms with Crippen LogP contribution in [0.25, 0.3) is 0 Å². The minimum Gasteiger partial charge on any atom is -0.496 e. The van der Waals surface area contributed by atoms with Crippen molar-refractivity contribution >= 4 is 17.6 Å². The number of carboxylic acid groups (broad SMARTS) is 1. The minimum atomic E-state index is -1.16. The summed E-state index contributed by atoms with van der Waals surface area (Å²) in [5.74, 6) is -1.01. The number of aromatic carboxylic acids is 1. The highest BCUT2D eigenvalue weighted by atomic mass is 16.5. The van der Waals surface area contributed by atoms with E-state index in [4.69, 9.17) is 20.0 Å². The number of benzene rings is 1. The molecule has 4 N–H and O–H groups in total. The third-order valence-corrected chi connectivity index (χ3v) is 2.77. The van der Waals surface area contributed by atoms with E-state index in [9.17, 15) is 9.59 Å². The molecule has 1 amide bonds. The van der Waals surface area contributed by atoms with E-state index in [0.717, 1.165) is 0 Å². The molecule has 110 valence electrons. The lowest BCUT2D eigenvalue weighted by molar-refractivity contribution is 0.0660. The topological polar surface area (TPSA) is 115 Å². The van der Waals surface area contributed by atoms with Crippen LogP contribution in [0.2, 0.25) is 0 Å². The van der Waals surface area contributed by atoms with Crippen LogP contribution in [0.4, 0.5) is 5.69 Å². The maximum absolute atomic E-state index is 12.1. The number of hydrogen-bond acceptors (Lipinski definition) is 5. The van der Waals surface area contributed by atoms with E-state index >= 15 is 0 Å². The predicted molar refractivity (Wildman–Crippen MR) is 74.2 cm³/mol. The molecule has 0 radical (unpaired) electrons. The third-order valence-electron chi connectivity index (χ3n) is 2.77. The number of rotatable bonds is 5. The Morgan fingerprint density at radius 3 is 2.71 bits per heavy atom. The number of ether oxygens (including phenoxy) is 1. The second-order valence-corrected chi connectivity index (χ2v) is 4.21. The molecule has 1 heterocycles. The molecule has 0 unspecified atom stereocenters. The Kier molecular flexibility index (Phi) is 4.13. The Labute approximate surface area is 120 Å². The molecule has 1 aromatic heterocycles. The molecule has 7 heteroatoms. The zero-order valence-corrected chi connectivity index (χ0v) is 11.3. The average Bonchev–Trinajstić information content (AvgIpc) is 2.93. The van der Waals surface area contributed by atoms with Gasteiger partial charge in [-0.3, -0.25) is 4.79 Å². The molecule has 1 aromatic carbocycles. The maximum Gasteiger partial charge on any atom is 0.371 e. The Morgan fingerprint density at radius 2 is 2.10 bits per heavy atom. The van der Waals surface area contributed by atoms with Gasteiger partial charge in [-0.1, -0.05) is 0 Å². The van der Waals surface area contributed by atoms with E-state index < -0.39 is 5.97 Å². The molecule has 0 aliphatic carbocycles. The molecule has 0 atom stereocenters. The van der Waals surface area contributed by atoms with Gasteiger partial charge >= 0.3 is 5.97 Å². The highest BCUT2D eigenvalue weighted by Gasteiger charge is 2.14. The number of anilines is 1. The van der Waals surface area contributed by atoms with Crippen molar-refractivity contribution in [2.45, 2.75) is 6.54 Å². The predicted octanol–water partition coefficient (Wildman–Crippen LogP) is 1.50. The van der Waals surface area contributed by atoms with Crippen LogP contribution in [0.1, 0.15) is 26.7 Å². The Hall–Kier alpha value is -2.96. The standard InChI is InChI=1S/C14H14N2O5/c1-20-12-6-8(15)2-4-10(12)13(17)16-7-9-3-5-11(21-9)14(18)19/h2-6H,7,15H2,1H3,(H,16,17)(H,18,19). The fraction of sp³-hybridized carbons (Fsp3) is 0.143. The first-order valence-electron chi connectivity index (χ1n) is 6.05. The lowest BCUT2D eigenvalue weighted by Gasteiger charge is -2.09. The summed E-state index contributed by atoms with van der Waals surface area (Å²) >= 11 is 0. The van der Waals surface area contributed by atoms with Crippen LogP contribution >= 0.6 is 0 Å². The summed E-state index contributed by atoms with van der Waals surface area (Å²) in [5.41, 5.74) is 6.43. The first-order chi connectivity index (χ1) is 10.0. The van der Waals surface area contributed by atoms with Crippen molar-refractivity contribution in [2.75, 3.05) is 12.8 Å². The number of carbonyl (C=O) groups is 2. The van der Waals surface area contributed by atoms with Gasteiger partial charge in [0.05, 0.1) is 19.2 Å². The number of nitrogens with two attached hydrogens (primary N) is 1. The van der Waals surface area contributed by atoms with Gasteiger partial charge in [-0.05, 0) is 24.3 Å². The first kappa shape index (κ1) is 14.4. The maximum atomic E-state index is 12.1. The Bertz CT molecular complexity index is 678. The van der Waals surface area contributed by atoms with Gasteiger partial charge in [-0.25, -0.2) is 4.79 Å². The van der Waals surface area contributed by atoms with E-state index in [0.29, 0.717) is 22.8 Å². The van der Waals surface area contributed by atoms with Gasteiger partial charge in [-0.15, -0.1) is 0 Å². The van der Waals surface area contributed by atoms with Gasteiger partial charge < -0.3 is 25.3 Å². The number of hydrogen-bond donors (Lipinski definition) is 3. The lowest BCUT2D eigenvalue weighted by atomic mass is 10.1. The molecule has 7 nitrogen and oxygen atoms in total. The van der Waals surface area contributed by atoms with Crippen LogP contribution in [0.5, 0.6) is 5.75 Å². The minimum absolute atomic E-state index is 0.0691. The van der Waals surface area contributed by atoms with Crippen LogP contribution in [-0.4, -0.2) is 24.1 Å². The molecule has 2 aromatic rings. The number of nitrogen functional groups attached to an aromatic ring is 1. The van der Waals surface area contributed by atoms with E-state index in [-0.39, 0.29) is 18.2 Å². The van der Waals surface area contributed by atoms with Crippen LogP contribution in [-0.2, 0) is 6.54 Å². The Balaban J connectivity index is 2.06. The number of amides is 1. The molecule has 0 saturated carbocycles. The second-order valence-electron chi connectivity index (χ2n) is 4.21. The molecule has 0 bridgehead atoms. The number of nitrogens with one attached hydrogen (secondary N) is 1. The highest BCUT2D eigenvalue weighted by molar-refractivity contribution is 5.97. The first-order valence-corrected chi connectivity index (χ1v) is 6.05. The molecule has 0 aliphatic rings. The smallest absolute Gasteiger partial charge is 0.371 e. The summed E-state index contributed by atoms with van der Waals surface area (Å²) < 4.78 is 10.1. The molecule has 2 rings (SSSR count). The number of carboxylic acids is 1. The fourth-order valence-corrected chi connectivity index (χ4v) is 1.75. The van der Waals surface area contributed by atoms with Crippen molar-refractivity contribution in [2.24, 2.45) is 0 Å². The van der Waals surface area contributed by atoms with Gasteiger partial charge in [0, 0.05) is 11.8 Å². The van der Waals surface area contributed by atoms with E-state index in [1.807, 2.05) is 0 Å². The molecule has 0 spiro atoms. The van der Waals surface area contributed by atoms with Crippen LogP contribution in [0, 0.1) is 0 Å². The lowest BCUT2D eigenvalue weighted by Crippen LogP contribution is -2.23. The van der Waals surface area contributed by atoms with Gasteiger partial charge in [0.25, 0.3) is 5.91 Å². The quantitative estimate of drug-likeness (QED) is 0.719. The van der Waals surface area contributed by atoms with Crippen molar-refractivity contribution in [3.8, 4) is 5.75 Å². The van der Waals surface area contributed by atoms with Gasteiger partial charge in [0.2, 0.25) is 5.76 Å². The summed E-state index contributed by atoms with van der Waals surface area (Å²) in [6.07, 6.45) is 0. The average molecular weight is 290 g/mol. The van der Waals surface area contributed by atoms with Crippen LogP contribution in [0.15, 0.2) is 34.7 Å². The van der Waals surface area contributed by atoms with Crippen molar-refractivity contribution in [1.82, 2.24) is 5.32 Å². The van der Waals surface area contributed by atoms with Crippen molar-refractivity contribution < 1.29 is 23.8 Å². The van der Waals surface area contributed by atoms with E-state index in [1.54, 1.807) is 18.2 Å². The van der Waals surface area contributed by atoms with Crippen molar-refractivity contribution in [3.63, 3.8) is 0 Å². The number of methoxy groups -OCH3 is 1. The highest BCUT2D eigenvalue weighted by Crippen LogP contribution is 2.21. The summed E-state index contributed by atoms with van der Waals surface area (Å²) in [6, 6.07) is 7.50. The van der Waals surface area contributed by atoms with Crippen LogP contribution in [0.3, 0.4) is 0 Å².